The Kier molecular flexibility index (Phi) is 1.52. The molecule has 0 radical (unpaired) electrons. The maximum atomic E-state index is 12.2. The smallest absolute Gasteiger partial charge is 0.117 e. The van der Waals surface area contributed by atoms with Crippen molar-refractivity contribution in [3.8, 4) is 0 Å². The van der Waals surface area contributed by atoms with Crippen LogP contribution in [0.15, 0.2) is 0 Å². The number of hydrogen-bond acceptors (Lipinski definition) is 1. The fraction of sp³-hybridized carbons (Fsp3) is 1.00. The summed E-state index contributed by atoms with van der Waals surface area (Å²) in [7, 11) is 1.96. The molecule has 1 rings (SSSR count). The predicted molar refractivity (Wildman–Crippen MR) is 31.6 cm³/mol. The molecular weight excluding hydrogens is 105 g/mol. The molecule has 0 bridgehead atoms. The van der Waals surface area contributed by atoms with Gasteiger partial charge >= 0.3 is 0 Å². The number of nitrogens with zero attached hydrogens (tertiary/aromatic N) is 1. The normalized spacial score (nSPS) is 36.0. The van der Waals surface area contributed by atoms with Gasteiger partial charge in [-0.3, -0.25) is 0 Å². The van der Waals surface area contributed by atoms with E-state index < -0.39 is 6.17 Å². The van der Waals surface area contributed by atoms with Gasteiger partial charge in [0.2, 0.25) is 0 Å². The Labute approximate surface area is 49.5 Å². The van der Waals surface area contributed by atoms with Gasteiger partial charge in [-0.25, -0.2) is 4.39 Å². The maximum Gasteiger partial charge on any atom is 0.117 e. The highest BCUT2D eigenvalue weighted by Crippen LogP contribution is 2.29. The summed E-state index contributed by atoms with van der Waals surface area (Å²) < 4.78 is 12.2. The van der Waals surface area contributed by atoms with Crippen molar-refractivity contribution in [1.82, 2.24) is 4.90 Å². The van der Waals surface area contributed by atoms with Gasteiger partial charge < -0.3 is 4.90 Å². The lowest BCUT2D eigenvalue weighted by Crippen LogP contribution is -2.21. The van der Waals surface area contributed by atoms with Gasteiger partial charge in [-0.05, 0) is 20.0 Å². The van der Waals surface area contributed by atoms with E-state index in [1.165, 1.54) is 0 Å². The molecule has 0 saturated heterocycles. The van der Waals surface area contributed by atoms with Crippen LogP contribution >= 0.6 is 0 Å². The van der Waals surface area contributed by atoms with Crippen LogP contribution < -0.4 is 0 Å². The first-order valence-electron chi connectivity index (χ1n) is 3.10. The van der Waals surface area contributed by atoms with Crippen LogP contribution in [-0.4, -0.2) is 30.7 Å². The molecule has 1 nitrogen and oxygen atoms in total. The van der Waals surface area contributed by atoms with Crippen LogP contribution in [0.5, 0.6) is 0 Å². The molecule has 1 aliphatic carbocycles. The van der Waals surface area contributed by atoms with Crippen molar-refractivity contribution >= 4 is 0 Å². The summed E-state index contributed by atoms with van der Waals surface area (Å²) in [5.74, 6) is 0. The topological polar surface area (TPSA) is 3.24 Å². The second-order valence-corrected chi connectivity index (χ2v) is 2.39. The Morgan fingerprint density at radius 1 is 1.75 bits per heavy atom. The average Bonchev–Trinajstić information content (AvgIpc) is 2.45. The summed E-state index contributed by atoms with van der Waals surface area (Å²) >= 11 is 0. The summed E-state index contributed by atoms with van der Waals surface area (Å²) in [5.41, 5.74) is 0. The Hall–Kier alpha value is -0.110. The zero-order chi connectivity index (χ0) is 6.15. The zero-order valence-corrected chi connectivity index (χ0v) is 5.39. The van der Waals surface area contributed by atoms with Crippen LogP contribution in [0.1, 0.15) is 13.3 Å². The molecule has 0 amide bonds. The van der Waals surface area contributed by atoms with Crippen molar-refractivity contribution < 1.29 is 4.39 Å². The van der Waals surface area contributed by atoms with Gasteiger partial charge in [0.1, 0.15) is 6.17 Å². The Balaban J connectivity index is 2.18. The molecule has 0 spiro atoms. The minimum atomic E-state index is -0.528. The summed E-state index contributed by atoms with van der Waals surface area (Å²) in [5, 5.41) is 0. The predicted octanol–water partition coefficient (Wildman–Crippen LogP) is 1.05. The van der Waals surface area contributed by atoms with Crippen molar-refractivity contribution in [2.75, 3.05) is 13.6 Å². The van der Waals surface area contributed by atoms with Gasteiger partial charge in [0.15, 0.2) is 0 Å². The maximum absolute atomic E-state index is 12.2. The van der Waals surface area contributed by atoms with Crippen molar-refractivity contribution in [2.24, 2.45) is 0 Å². The highest BCUT2D eigenvalue weighted by atomic mass is 19.1. The van der Waals surface area contributed by atoms with Gasteiger partial charge in [-0.15, -0.1) is 0 Å². The zero-order valence-electron chi connectivity index (χ0n) is 5.39. The Morgan fingerprint density at radius 3 is 2.38 bits per heavy atom. The standard InChI is InChI=1S/C6H12FN/c1-3-8(2)6-4-5(6)7/h5-6H,3-4H2,1-2H3. The molecule has 2 unspecified atom stereocenters. The number of rotatable bonds is 2. The first-order valence-corrected chi connectivity index (χ1v) is 3.10. The van der Waals surface area contributed by atoms with Crippen molar-refractivity contribution in [3.05, 3.63) is 0 Å². The van der Waals surface area contributed by atoms with E-state index in [0.29, 0.717) is 0 Å². The SMILES string of the molecule is CCN(C)C1CC1F. The van der Waals surface area contributed by atoms with E-state index >= 15 is 0 Å². The van der Waals surface area contributed by atoms with Crippen molar-refractivity contribution in [2.45, 2.75) is 25.6 Å². The van der Waals surface area contributed by atoms with E-state index in [0.717, 1.165) is 13.0 Å². The van der Waals surface area contributed by atoms with Crippen molar-refractivity contribution in [3.63, 3.8) is 0 Å². The molecule has 2 atom stereocenters. The first kappa shape index (κ1) is 6.02. The van der Waals surface area contributed by atoms with Crippen LogP contribution in [0.25, 0.3) is 0 Å². The van der Waals surface area contributed by atoms with Gasteiger partial charge in [0.25, 0.3) is 0 Å². The quantitative estimate of drug-likeness (QED) is 0.522. The molecule has 0 aromatic carbocycles. The molecule has 8 heavy (non-hydrogen) atoms. The average molecular weight is 117 g/mol. The van der Waals surface area contributed by atoms with E-state index in [-0.39, 0.29) is 6.04 Å². The summed E-state index contributed by atoms with van der Waals surface area (Å²) in [4.78, 5) is 2.05. The van der Waals surface area contributed by atoms with E-state index in [1.54, 1.807) is 0 Å². The number of halogens is 1. The lowest BCUT2D eigenvalue weighted by Gasteiger charge is -2.10. The third-order valence-corrected chi connectivity index (χ3v) is 1.75. The summed E-state index contributed by atoms with van der Waals surface area (Å²) in [6.45, 7) is 3.01. The largest absolute Gasteiger partial charge is 0.301 e. The fourth-order valence-electron chi connectivity index (χ4n) is 0.843. The van der Waals surface area contributed by atoms with Crippen LogP contribution in [0, 0.1) is 0 Å². The van der Waals surface area contributed by atoms with E-state index in [4.69, 9.17) is 0 Å². The first-order chi connectivity index (χ1) is 3.75. The van der Waals surface area contributed by atoms with E-state index in [9.17, 15) is 4.39 Å². The highest BCUT2D eigenvalue weighted by molar-refractivity contribution is 4.93. The molecule has 2 heteroatoms. The van der Waals surface area contributed by atoms with Crippen LogP contribution in [0.4, 0.5) is 4.39 Å². The van der Waals surface area contributed by atoms with Gasteiger partial charge in [-0.1, -0.05) is 6.92 Å². The summed E-state index contributed by atoms with van der Waals surface area (Å²) in [6, 6.07) is 0.250. The molecular formula is C6H12FN. The van der Waals surface area contributed by atoms with Gasteiger partial charge in [-0.2, -0.15) is 0 Å². The van der Waals surface area contributed by atoms with E-state index in [2.05, 4.69) is 0 Å². The minimum absolute atomic E-state index is 0.250. The highest BCUT2D eigenvalue weighted by Gasteiger charge is 2.39. The fourth-order valence-corrected chi connectivity index (χ4v) is 0.843. The molecule has 0 N–H and O–H groups in total. The molecule has 0 heterocycles. The van der Waals surface area contributed by atoms with Crippen LogP contribution in [-0.2, 0) is 0 Å². The number of hydrogen-bond donors (Lipinski definition) is 0. The third-order valence-electron chi connectivity index (χ3n) is 1.75. The third kappa shape index (κ3) is 0.996. The molecule has 48 valence electrons. The lowest BCUT2D eigenvalue weighted by molar-refractivity contribution is 0.299. The Morgan fingerprint density at radius 2 is 2.25 bits per heavy atom. The van der Waals surface area contributed by atoms with Gasteiger partial charge in [0.05, 0.1) is 0 Å². The molecule has 0 aliphatic heterocycles. The molecule has 0 aromatic heterocycles. The van der Waals surface area contributed by atoms with Gasteiger partial charge in [0, 0.05) is 6.04 Å². The lowest BCUT2D eigenvalue weighted by atomic mass is 10.5. The summed E-state index contributed by atoms with van der Waals surface area (Å²) in [6.07, 6.45) is 0.226. The monoisotopic (exact) mass is 117 g/mol. The van der Waals surface area contributed by atoms with E-state index in [1.807, 2.05) is 18.9 Å². The second-order valence-electron chi connectivity index (χ2n) is 2.39. The van der Waals surface area contributed by atoms with Crippen LogP contribution in [0.2, 0.25) is 0 Å². The molecule has 0 aromatic rings. The van der Waals surface area contributed by atoms with Crippen LogP contribution in [0.3, 0.4) is 0 Å². The number of alkyl halides is 1. The molecule has 1 aliphatic rings. The molecule has 1 fully saturated rings. The minimum Gasteiger partial charge on any atom is -0.301 e. The van der Waals surface area contributed by atoms with Crippen molar-refractivity contribution in [1.29, 1.82) is 0 Å². The molecule has 1 saturated carbocycles. The second kappa shape index (κ2) is 2.02. The Bertz CT molecular complexity index is 82.6.